The molecule has 0 unspecified atom stereocenters. The lowest BCUT2D eigenvalue weighted by molar-refractivity contribution is -0.131. The van der Waals surface area contributed by atoms with Gasteiger partial charge in [-0.25, -0.2) is 13.6 Å². The largest absolute Gasteiger partial charge is 0.325 e. The minimum absolute atomic E-state index is 0.0304. The van der Waals surface area contributed by atoms with Crippen LogP contribution in [0.1, 0.15) is 23.6 Å². The molecule has 1 atom stereocenters. The Labute approximate surface area is 177 Å². The van der Waals surface area contributed by atoms with Gasteiger partial charge in [0.1, 0.15) is 17.2 Å². The van der Waals surface area contributed by atoms with Gasteiger partial charge in [-0.1, -0.05) is 42.5 Å². The number of rotatable bonds is 4. The van der Waals surface area contributed by atoms with Gasteiger partial charge in [0.25, 0.3) is 5.91 Å². The van der Waals surface area contributed by atoms with Crippen molar-refractivity contribution >= 4 is 11.9 Å². The van der Waals surface area contributed by atoms with Crippen LogP contribution in [0.3, 0.4) is 0 Å². The Bertz CT molecular complexity index is 1230. The van der Waals surface area contributed by atoms with Crippen molar-refractivity contribution in [3.05, 3.63) is 95.1 Å². The zero-order chi connectivity index (χ0) is 22.2. The van der Waals surface area contributed by atoms with Crippen molar-refractivity contribution in [2.24, 2.45) is 0 Å². The third kappa shape index (κ3) is 3.53. The molecule has 0 spiro atoms. The van der Waals surface area contributed by atoms with Crippen LogP contribution in [0, 0.1) is 23.0 Å². The first-order chi connectivity index (χ1) is 14.8. The maximum Gasteiger partial charge on any atom is 0.325 e. The summed E-state index contributed by atoms with van der Waals surface area (Å²) >= 11 is 0. The van der Waals surface area contributed by atoms with E-state index in [9.17, 15) is 23.6 Å². The maximum absolute atomic E-state index is 14.3. The lowest BCUT2D eigenvalue weighted by atomic mass is 9.91. The van der Waals surface area contributed by atoms with Gasteiger partial charge in [-0.05, 0) is 47.9 Å². The summed E-state index contributed by atoms with van der Waals surface area (Å²) in [6.07, 6.45) is 0. The van der Waals surface area contributed by atoms with Gasteiger partial charge in [0.05, 0.1) is 18.2 Å². The van der Waals surface area contributed by atoms with Crippen molar-refractivity contribution in [3.63, 3.8) is 0 Å². The van der Waals surface area contributed by atoms with E-state index in [-0.39, 0.29) is 12.1 Å². The van der Waals surface area contributed by atoms with Gasteiger partial charge in [-0.15, -0.1) is 0 Å². The molecular weight excluding hydrogens is 400 g/mol. The van der Waals surface area contributed by atoms with Gasteiger partial charge in [0.15, 0.2) is 0 Å². The lowest BCUT2D eigenvalue weighted by Gasteiger charge is -2.23. The van der Waals surface area contributed by atoms with Crippen molar-refractivity contribution in [1.82, 2.24) is 10.2 Å². The minimum Gasteiger partial charge on any atom is -0.319 e. The lowest BCUT2D eigenvalue weighted by Crippen LogP contribution is -2.41. The molecule has 0 bridgehead atoms. The number of carbonyl (C=O) groups is 2. The van der Waals surface area contributed by atoms with E-state index in [0.29, 0.717) is 11.1 Å². The van der Waals surface area contributed by atoms with Crippen LogP contribution in [0.4, 0.5) is 13.6 Å². The molecule has 4 rings (SSSR count). The summed E-state index contributed by atoms with van der Waals surface area (Å²) in [4.78, 5) is 26.5. The predicted molar refractivity (Wildman–Crippen MR) is 109 cm³/mol. The Hall–Kier alpha value is -4.05. The first kappa shape index (κ1) is 20.2. The number of hydrogen-bond donors (Lipinski definition) is 1. The molecule has 0 aliphatic carbocycles. The smallest absolute Gasteiger partial charge is 0.319 e. The first-order valence-corrected chi connectivity index (χ1v) is 9.51. The molecule has 3 amide bonds. The summed E-state index contributed by atoms with van der Waals surface area (Å²) in [6, 6.07) is 18.5. The van der Waals surface area contributed by atoms with Crippen molar-refractivity contribution in [3.8, 4) is 17.2 Å². The van der Waals surface area contributed by atoms with Crippen LogP contribution < -0.4 is 5.32 Å². The van der Waals surface area contributed by atoms with Crippen molar-refractivity contribution in [1.29, 1.82) is 5.26 Å². The van der Waals surface area contributed by atoms with Crippen LogP contribution >= 0.6 is 0 Å². The number of benzene rings is 3. The number of carbonyl (C=O) groups excluding carboxylic acids is 2. The van der Waals surface area contributed by atoms with Crippen LogP contribution in [0.2, 0.25) is 0 Å². The van der Waals surface area contributed by atoms with E-state index in [2.05, 4.69) is 11.4 Å². The molecular formula is C24H17F2N3O2. The fourth-order valence-electron chi connectivity index (χ4n) is 3.71. The SMILES string of the molecule is C[C@@]1(c2cc(F)ccc2F)NC(=O)N(Cc2ccc(-c3ccccc3C#N)cc2)C1=O. The molecule has 1 N–H and O–H groups in total. The van der Waals surface area contributed by atoms with E-state index in [0.717, 1.165) is 34.2 Å². The summed E-state index contributed by atoms with van der Waals surface area (Å²) in [5.74, 6) is -2.15. The summed E-state index contributed by atoms with van der Waals surface area (Å²) < 4.78 is 27.9. The summed E-state index contributed by atoms with van der Waals surface area (Å²) in [7, 11) is 0. The van der Waals surface area contributed by atoms with Crippen molar-refractivity contribution in [2.45, 2.75) is 19.0 Å². The number of nitrogens with one attached hydrogen (secondary N) is 1. The number of imide groups is 1. The first-order valence-electron chi connectivity index (χ1n) is 9.51. The highest BCUT2D eigenvalue weighted by atomic mass is 19.1. The average Bonchev–Trinajstić information content (AvgIpc) is 2.99. The molecule has 0 saturated carbocycles. The Morgan fingerprint density at radius 1 is 1.03 bits per heavy atom. The Kier molecular flexibility index (Phi) is 4.99. The summed E-state index contributed by atoms with van der Waals surface area (Å²) in [5.41, 5.74) is 0.889. The number of nitriles is 1. The van der Waals surface area contributed by atoms with Crippen LogP contribution in [0.5, 0.6) is 0 Å². The maximum atomic E-state index is 14.3. The highest BCUT2D eigenvalue weighted by molar-refractivity contribution is 6.07. The fourth-order valence-corrected chi connectivity index (χ4v) is 3.71. The number of amides is 3. The van der Waals surface area contributed by atoms with E-state index in [1.165, 1.54) is 6.92 Å². The van der Waals surface area contributed by atoms with Crippen molar-refractivity contribution in [2.75, 3.05) is 0 Å². The second-order valence-corrected chi connectivity index (χ2v) is 7.42. The normalized spacial score (nSPS) is 18.1. The van der Waals surface area contributed by atoms with E-state index in [4.69, 9.17) is 0 Å². The van der Waals surface area contributed by atoms with Crippen LogP contribution in [-0.2, 0) is 16.9 Å². The van der Waals surface area contributed by atoms with Crippen molar-refractivity contribution < 1.29 is 18.4 Å². The van der Waals surface area contributed by atoms with Gasteiger partial charge < -0.3 is 5.32 Å². The average molecular weight is 417 g/mol. The third-order valence-electron chi connectivity index (χ3n) is 5.40. The zero-order valence-corrected chi connectivity index (χ0v) is 16.5. The minimum atomic E-state index is -1.70. The highest BCUT2D eigenvalue weighted by Gasteiger charge is 2.50. The topological polar surface area (TPSA) is 73.2 Å². The summed E-state index contributed by atoms with van der Waals surface area (Å²) in [5, 5.41) is 11.8. The molecule has 1 aliphatic heterocycles. The molecule has 5 nitrogen and oxygen atoms in total. The van der Waals surface area contributed by atoms with E-state index >= 15 is 0 Å². The second-order valence-electron chi connectivity index (χ2n) is 7.42. The molecule has 7 heteroatoms. The molecule has 154 valence electrons. The Morgan fingerprint density at radius 2 is 1.74 bits per heavy atom. The monoisotopic (exact) mass is 417 g/mol. The van der Waals surface area contributed by atoms with Crippen LogP contribution in [-0.4, -0.2) is 16.8 Å². The molecule has 1 heterocycles. The number of halogens is 2. The van der Waals surface area contributed by atoms with E-state index < -0.39 is 29.1 Å². The molecule has 0 radical (unpaired) electrons. The molecule has 3 aromatic carbocycles. The van der Waals surface area contributed by atoms with Crippen LogP contribution in [0.15, 0.2) is 66.7 Å². The van der Waals surface area contributed by atoms with Gasteiger partial charge in [0.2, 0.25) is 0 Å². The predicted octanol–water partition coefficient (Wildman–Crippen LogP) is 4.47. The van der Waals surface area contributed by atoms with Gasteiger partial charge in [-0.2, -0.15) is 5.26 Å². The Balaban J connectivity index is 1.59. The molecule has 1 fully saturated rings. The highest BCUT2D eigenvalue weighted by Crippen LogP contribution is 2.32. The molecule has 31 heavy (non-hydrogen) atoms. The zero-order valence-electron chi connectivity index (χ0n) is 16.5. The second kappa shape index (κ2) is 7.65. The fraction of sp³-hybridized carbons (Fsp3) is 0.125. The summed E-state index contributed by atoms with van der Waals surface area (Å²) in [6.45, 7) is 1.32. The number of urea groups is 1. The molecule has 1 aliphatic rings. The van der Waals surface area contributed by atoms with Gasteiger partial charge in [-0.3, -0.25) is 9.69 Å². The number of nitrogens with zero attached hydrogens (tertiary/aromatic N) is 2. The van der Waals surface area contributed by atoms with Gasteiger partial charge >= 0.3 is 6.03 Å². The molecule has 1 saturated heterocycles. The standard InChI is InChI=1S/C24H17F2N3O2/c1-24(20-12-18(25)10-11-21(20)26)22(30)29(23(31)28-24)14-15-6-8-16(9-7-15)19-5-3-2-4-17(19)13-27/h2-12H,14H2,1H3,(H,28,31)/t24-/m0/s1. The molecule has 0 aromatic heterocycles. The van der Waals surface area contributed by atoms with E-state index in [1.54, 1.807) is 36.4 Å². The number of hydrogen-bond acceptors (Lipinski definition) is 3. The quantitative estimate of drug-likeness (QED) is 0.637. The van der Waals surface area contributed by atoms with Crippen LogP contribution in [0.25, 0.3) is 11.1 Å². The van der Waals surface area contributed by atoms with Gasteiger partial charge in [0, 0.05) is 5.56 Å². The van der Waals surface area contributed by atoms with E-state index in [1.807, 2.05) is 12.1 Å². The molecule has 3 aromatic rings. The Morgan fingerprint density at radius 3 is 2.45 bits per heavy atom. The third-order valence-corrected chi connectivity index (χ3v) is 5.40.